The molecule has 2 nitrogen and oxygen atoms in total. The van der Waals surface area contributed by atoms with Gasteiger partial charge in [-0.25, -0.2) is 0 Å². The first-order chi connectivity index (χ1) is 7.18. The lowest BCUT2D eigenvalue weighted by molar-refractivity contribution is 0.581. The number of nitriles is 1. The molecule has 0 aromatic heterocycles. The zero-order valence-electron chi connectivity index (χ0n) is 10.8. The zero-order valence-corrected chi connectivity index (χ0v) is 10.8. The fraction of sp³-hybridized carbons (Fsp3) is 0.500. The second-order valence-corrected chi connectivity index (χ2v) is 5.59. The van der Waals surface area contributed by atoms with E-state index >= 15 is 0 Å². The Hall–Kier alpha value is -1.33. The van der Waals surface area contributed by atoms with E-state index in [1.54, 1.807) is 6.92 Å². The summed E-state index contributed by atoms with van der Waals surface area (Å²) >= 11 is 0. The van der Waals surface area contributed by atoms with Crippen molar-refractivity contribution in [2.24, 2.45) is 5.73 Å². The summed E-state index contributed by atoms with van der Waals surface area (Å²) in [6.07, 6.45) is 0. The molecule has 0 aliphatic heterocycles. The Bertz CT molecular complexity index is 431. The highest BCUT2D eigenvalue weighted by atomic mass is 14.7. The third-order valence-electron chi connectivity index (χ3n) is 2.90. The molecule has 0 fully saturated rings. The minimum Gasteiger partial charge on any atom is -0.310 e. The van der Waals surface area contributed by atoms with E-state index in [0.717, 1.165) is 11.1 Å². The van der Waals surface area contributed by atoms with E-state index in [1.165, 1.54) is 5.56 Å². The molecule has 0 radical (unpaired) electrons. The molecule has 16 heavy (non-hydrogen) atoms. The maximum absolute atomic E-state index is 9.09. The van der Waals surface area contributed by atoms with Gasteiger partial charge in [-0.1, -0.05) is 39.0 Å². The SMILES string of the molecule is Cc1ccc(C(C)(C)C)cc1C(C)(N)C#N. The van der Waals surface area contributed by atoms with Crippen LogP contribution in [-0.2, 0) is 11.0 Å². The van der Waals surface area contributed by atoms with E-state index < -0.39 is 5.54 Å². The lowest BCUT2D eigenvalue weighted by Crippen LogP contribution is -2.32. The smallest absolute Gasteiger partial charge is 0.127 e. The van der Waals surface area contributed by atoms with E-state index in [1.807, 2.05) is 13.0 Å². The third kappa shape index (κ3) is 2.43. The lowest BCUT2D eigenvalue weighted by atomic mass is 9.82. The summed E-state index contributed by atoms with van der Waals surface area (Å²) in [5, 5.41) is 9.09. The van der Waals surface area contributed by atoms with Gasteiger partial charge in [-0.15, -0.1) is 0 Å². The standard InChI is InChI=1S/C14H20N2/c1-10-6-7-11(13(2,3)4)8-12(10)14(5,16)9-15/h6-8H,16H2,1-5H3. The van der Waals surface area contributed by atoms with Gasteiger partial charge >= 0.3 is 0 Å². The van der Waals surface area contributed by atoms with E-state index in [4.69, 9.17) is 11.0 Å². The number of nitrogens with two attached hydrogens (primary N) is 1. The van der Waals surface area contributed by atoms with Crippen LogP contribution in [0.1, 0.15) is 44.4 Å². The summed E-state index contributed by atoms with van der Waals surface area (Å²) in [7, 11) is 0. The summed E-state index contributed by atoms with van der Waals surface area (Å²) < 4.78 is 0. The van der Waals surface area contributed by atoms with Gasteiger partial charge in [0.2, 0.25) is 0 Å². The molecule has 0 saturated carbocycles. The lowest BCUT2D eigenvalue weighted by Gasteiger charge is -2.24. The summed E-state index contributed by atoms with van der Waals surface area (Å²) in [5.74, 6) is 0. The van der Waals surface area contributed by atoms with E-state index in [0.29, 0.717) is 0 Å². The van der Waals surface area contributed by atoms with Gasteiger partial charge in [0, 0.05) is 0 Å². The van der Waals surface area contributed by atoms with E-state index in [-0.39, 0.29) is 5.41 Å². The van der Waals surface area contributed by atoms with Crippen LogP contribution in [0.5, 0.6) is 0 Å². The van der Waals surface area contributed by atoms with E-state index in [9.17, 15) is 0 Å². The Morgan fingerprint density at radius 3 is 2.19 bits per heavy atom. The van der Waals surface area contributed by atoms with Gasteiger partial charge in [0.1, 0.15) is 5.54 Å². The Labute approximate surface area is 98.1 Å². The van der Waals surface area contributed by atoms with Crippen molar-refractivity contribution in [3.63, 3.8) is 0 Å². The second kappa shape index (κ2) is 3.92. The molecular weight excluding hydrogens is 196 g/mol. The van der Waals surface area contributed by atoms with Gasteiger partial charge in [-0.05, 0) is 36.0 Å². The average Bonchev–Trinajstić information content (AvgIpc) is 2.16. The van der Waals surface area contributed by atoms with Crippen molar-refractivity contribution in [3.05, 3.63) is 34.9 Å². The number of benzene rings is 1. The maximum atomic E-state index is 9.09. The van der Waals surface area contributed by atoms with Gasteiger partial charge in [-0.2, -0.15) is 5.26 Å². The van der Waals surface area contributed by atoms with Gasteiger partial charge in [-0.3, -0.25) is 0 Å². The highest BCUT2D eigenvalue weighted by molar-refractivity contribution is 5.41. The van der Waals surface area contributed by atoms with Crippen LogP contribution in [0.4, 0.5) is 0 Å². The topological polar surface area (TPSA) is 49.8 Å². The summed E-state index contributed by atoms with van der Waals surface area (Å²) in [6, 6.07) is 8.35. The Balaban J connectivity index is 3.37. The van der Waals surface area contributed by atoms with Crippen molar-refractivity contribution in [3.8, 4) is 6.07 Å². The van der Waals surface area contributed by atoms with Crippen LogP contribution in [0.2, 0.25) is 0 Å². The van der Waals surface area contributed by atoms with Gasteiger partial charge in [0.15, 0.2) is 0 Å². The van der Waals surface area contributed by atoms with Gasteiger partial charge in [0.25, 0.3) is 0 Å². The van der Waals surface area contributed by atoms with Crippen molar-refractivity contribution in [2.45, 2.75) is 45.6 Å². The minimum atomic E-state index is -0.911. The first kappa shape index (κ1) is 12.7. The van der Waals surface area contributed by atoms with Crippen LogP contribution >= 0.6 is 0 Å². The third-order valence-corrected chi connectivity index (χ3v) is 2.90. The Morgan fingerprint density at radius 2 is 1.75 bits per heavy atom. The van der Waals surface area contributed by atoms with Crippen molar-refractivity contribution in [2.75, 3.05) is 0 Å². The van der Waals surface area contributed by atoms with Crippen molar-refractivity contribution < 1.29 is 0 Å². The van der Waals surface area contributed by atoms with E-state index in [2.05, 4.69) is 39.0 Å². The molecule has 86 valence electrons. The monoisotopic (exact) mass is 216 g/mol. The van der Waals surface area contributed by atoms with Crippen LogP contribution in [-0.4, -0.2) is 0 Å². The normalized spacial score (nSPS) is 15.3. The highest BCUT2D eigenvalue weighted by Crippen LogP contribution is 2.28. The number of aryl methyl sites for hydroxylation is 1. The number of nitrogens with zero attached hydrogens (tertiary/aromatic N) is 1. The Morgan fingerprint density at radius 1 is 1.19 bits per heavy atom. The average molecular weight is 216 g/mol. The van der Waals surface area contributed by atoms with Gasteiger partial charge < -0.3 is 5.73 Å². The molecule has 0 heterocycles. The number of hydrogen-bond donors (Lipinski definition) is 1. The van der Waals surface area contributed by atoms with Crippen LogP contribution in [0, 0.1) is 18.3 Å². The molecule has 0 spiro atoms. The fourth-order valence-corrected chi connectivity index (χ4v) is 1.71. The van der Waals surface area contributed by atoms with Gasteiger partial charge in [0.05, 0.1) is 6.07 Å². The first-order valence-corrected chi connectivity index (χ1v) is 5.50. The van der Waals surface area contributed by atoms with Crippen LogP contribution in [0.25, 0.3) is 0 Å². The maximum Gasteiger partial charge on any atom is 0.127 e. The minimum absolute atomic E-state index is 0.0774. The fourth-order valence-electron chi connectivity index (χ4n) is 1.71. The summed E-state index contributed by atoms with van der Waals surface area (Å²) in [5.41, 5.74) is 8.35. The molecule has 1 rings (SSSR count). The van der Waals surface area contributed by atoms with Crippen molar-refractivity contribution in [1.82, 2.24) is 0 Å². The molecular formula is C14H20N2. The molecule has 2 heteroatoms. The van der Waals surface area contributed by atoms with Crippen LogP contribution < -0.4 is 5.73 Å². The zero-order chi connectivity index (χ0) is 12.6. The molecule has 0 aliphatic rings. The molecule has 1 aromatic rings. The Kier molecular flexibility index (Phi) is 3.12. The van der Waals surface area contributed by atoms with Crippen molar-refractivity contribution in [1.29, 1.82) is 5.26 Å². The molecule has 1 atom stereocenters. The van der Waals surface area contributed by atoms with Crippen LogP contribution in [0.3, 0.4) is 0 Å². The number of rotatable bonds is 1. The first-order valence-electron chi connectivity index (χ1n) is 5.50. The van der Waals surface area contributed by atoms with Crippen LogP contribution in [0.15, 0.2) is 18.2 Å². The molecule has 0 saturated heterocycles. The predicted molar refractivity (Wildman–Crippen MR) is 67.0 cm³/mol. The molecule has 0 amide bonds. The quantitative estimate of drug-likeness (QED) is 0.784. The highest BCUT2D eigenvalue weighted by Gasteiger charge is 2.24. The summed E-state index contributed by atoms with van der Waals surface area (Å²) in [4.78, 5) is 0. The molecule has 0 bridgehead atoms. The van der Waals surface area contributed by atoms with Crippen molar-refractivity contribution >= 4 is 0 Å². The summed E-state index contributed by atoms with van der Waals surface area (Å²) in [6.45, 7) is 10.2. The second-order valence-electron chi connectivity index (χ2n) is 5.59. The molecule has 1 aromatic carbocycles. The largest absolute Gasteiger partial charge is 0.310 e. The molecule has 1 unspecified atom stereocenters. The molecule has 2 N–H and O–H groups in total. The number of hydrogen-bond acceptors (Lipinski definition) is 2. The molecule has 0 aliphatic carbocycles. The predicted octanol–water partition coefficient (Wildman–Crippen LogP) is 2.99.